The molecular formula is C8H11ClS. The number of halogens is 1. The van der Waals surface area contributed by atoms with E-state index in [0.29, 0.717) is 0 Å². The van der Waals surface area contributed by atoms with Crippen molar-refractivity contribution in [3.05, 3.63) is 30.3 Å². The molecular weight excluding hydrogens is 164 g/mol. The van der Waals surface area contributed by atoms with Crippen LogP contribution >= 0.6 is 0 Å². The summed E-state index contributed by atoms with van der Waals surface area (Å²) >= 11 is 1.43. The van der Waals surface area contributed by atoms with Crippen LogP contribution in [-0.2, 0) is 11.8 Å². The smallest absolute Gasteiger partial charge is 0.152 e. The monoisotopic (exact) mass is 174 g/mol. The highest BCUT2D eigenvalue weighted by molar-refractivity contribution is 7.78. The van der Waals surface area contributed by atoms with Crippen LogP contribution < -0.4 is 12.4 Å². The molecule has 0 saturated heterocycles. The molecule has 0 heterocycles. The second kappa shape index (κ2) is 5.63. The summed E-state index contributed by atoms with van der Waals surface area (Å²) in [6, 6.07) is 10.5. The van der Waals surface area contributed by atoms with E-state index in [2.05, 4.69) is 37.3 Å². The Morgan fingerprint density at radius 2 is 1.80 bits per heavy atom. The first kappa shape index (κ1) is 9.86. The quantitative estimate of drug-likeness (QED) is 0.394. The Kier molecular flexibility index (Phi) is 5.55. The van der Waals surface area contributed by atoms with Gasteiger partial charge in [0.2, 0.25) is 0 Å². The van der Waals surface area contributed by atoms with E-state index in [1.165, 1.54) is 22.4 Å². The van der Waals surface area contributed by atoms with Crippen molar-refractivity contribution in [1.29, 1.82) is 0 Å². The van der Waals surface area contributed by atoms with E-state index in [1.807, 2.05) is 0 Å². The lowest BCUT2D eigenvalue weighted by Gasteiger charge is -1.84. The lowest BCUT2D eigenvalue weighted by atomic mass is 10.4. The maximum absolute atomic E-state index is 2.19. The first-order valence-electron chi connectivity index (χ1n) is 3.16. The summed E-state index contributed by atoms with van der Waals surface area (Å²) in [4.78, 5) is 1.42. The van der Waals surface area contributed by atoms with Crippen LogP contribution in [0.3, 0.4) is 0 Å². The van der Waals surface area contributed by atoms with Gasteiger partial charge in [0.1, 0.15) is 5.75 Å². The van der Waals surface area contributed by atoms with E-state index in [-0.39, 0.29) is 12.4 Å². The second-order valence-electron chi connectivity index (χ2n) is 1.81. The molecule has 0 N–H and O–H groups in total. The third kappa shape index (κ3) is 3.14. The molecule has 0 amide bonds. The minimum atomic E-state index is 0. The molecule has 2 heteroatoms. The third-order valence-corrected chi connectivity index (χ3v) is 2.08. The van der Waals surface area contributed by atoms with Crippen molar-refractivity contribution in [2.24, 2.45) is 0 Å². The highest BCUT2D eigenvalue weighted by Crippen LogP contribution is 2.00. The summed E-state index contributed by atoms with van der Waals surface area (Å²) in [6.07, 6.45) is 0. The standard InChI is InChI=1S/C8H10S.ClH/c1-2-9-8-6-4-3-5-7-8;/h3-7H,2H2,1H3;1H. The normalized spacial score (nSPS) is 8.50. The molecule has 0 bridgehead atoms. The van der Waals surface area contributed by atoms with Crippen molar-refractivity contribution in [2.45, 2.75) is 11.8 Å². The Morgan fingerprint density at radius 1 is 1.20 bits per heavy atom. The average molecular weight is 175 g/mol. The van der Waals surface area contributed by atoms with Gasteiger partial charge in [0.25, 0.3) is 0 Å². The van der Waals surface area contributed by atoms with Crippen molar-refractivity contribution >= 4 is 11.8 Å². The van der Waals surface area contributed by atoms with Crippen LogP contribution in [0.5, 0.6) is 0 Å². The zero-order valence-corrected chi connectivity index (χ0v) is 7.57. The van der Waals surface area contributed by atoms with Gasteiger partial charge in [0, 0.05) is 11.8 Å². The van der Waals surface area contributed by atoms with Crippen LogP contribution in [0.25, 0.3) is 0 Å². The largest absolute Gasteiger partial charge is 1.00 e. The van der Waals surface area contributed by atoms with Crippen LogP contribution in [0, 0.1) is 0 Å². The van der Waals surface area contributed by atoms with Gasteiger partial charge >= 0.3 is 0 Å². The molecule has 0 aliphatic rings. The Morgan fingerprint density at radius 3 is 2.30 bits per heavy atom. The second-order valence-corrected chi connectivity index (χ2v) is 3.27. The zero-order valence-electron chi connectivity index (χ0n) is 5.92. The summed E-state index contributed by atoms with van der Waals surface area (Å²) in [5.74, 6) is 1.21. The van der Waals surface area contributed by atoms with E-state index in [9.17, 15) is 0 Å². The van der Waals surface area contributed by atoms with Gasteiger partial charge in [-0.05, 0) is 19.1 Å². The summed E-state index contributed by atoms with van der Waals surface area (Å²) in [5, 5.41) is 0. The topological polar surface area (TPSA) is 0 Å². The summed E-state index contributed by atoms with van der Waals surface area (Å²) in [7, 11) is 0. The van der Waals surface area contributed by atoms with Gasteiger partial charge in [0.05, 0.1) is 0 Å². The molecule has 0 aliphatic carbocycles. The number of rotatable bonds is 2. The van der Waals surface area contributed by atoms with E-state index in [4.69, 9.17) is 0 Å². The molecule has 0 fully saturated rings. The molecule has 0 nitrogen and oxygen atoms in total. The Balaban J connectivity index is 0.000000810. The highest BCUT2D eigenvalue weighted by atomic mass is 35.5. The molecule has 0 aliphatic heterocycles. The number of thiol groups is 1. The van der Waals surface area contributed by atoms with Crippen LogP contribution in [0.2, 0.25) is 0 Å². The fourth-order valence-electron chi connectivity index (χ4n) is 0.716. The Bertz CT molecular complexity index is 162. The first-order chi connectivity index (χ1) is 4.43. The van der Waals surface area contributed by atoms with Gasteiger partial charge in [-0.15, -0.1) is 0 Å². The number of hydrogen-bond donors (Lipinski definition) is 0. The first-order valence-corrected chi connectivity index (χ1v) is 4.24. The van der Waals surface area contributed by atoms with E-state index >= 15 is 0 Å². The van der Waals surface area contributed by atoms with E-state index in [1.54, 1.807) is 0 Å². The molecule has 0 unspecified atom stereocenters. The van der Waals surface area contributed by atoms with Crippen LogP contribution in [0.4, 0.5) is 0 Å². The van der Waals surface area contributed by atoms with Crippen molar-refractivity contribution in [3.63, 3.8) is 0 Å². The fourth-order valence-corrected chi connectivity index (χ4v) is 1.46. The summed E-state index contributed by atoms with van der Waals surface area (Å²) in [6.45, 7) is 2.19. The van der Waals surface area contributed by atoms with Crippen LogP contribution in [0.15, 0.2) is 35.2 Å². The average Bonchev–Trinajstić information content (AvgIpc) is 1.91. The van der Waals surface area contributed by atoms with Gasteiger partial charge in [-0.2, -0.15) is 0 Å². The van der Waals surface area contributed by atoms with Crippen molar-refractivity contribution in [3.8, 4) is 0 Å². The lowest BCUT2D eigenvalue weighted by Crippen LogP contribution is -3.00. The van der Waals surface area contributed by atoms with E-state index < -0.39 is 0 Å². The summed E-state index contributed by atoms with van der Waals surface area (Å²) in [5.41, 5.74) is 0. The SMILES string of the molecule is CC[SH+]c1ccccc1.[Cl-]. The van der Waals surface area contributed by atoms with Gasteiger partial charge in [-0.3, -0.25) is 0 Å². The highest BCUT2D eigenvalue weighted by Gasteiger charge is 1.94. The molecule has 0 atom stereocenters. The summed E-state index contributed by atoms with van der Waals surface area (Å²) < 4.78 is 0. The fraction of sp³-hybridized carbons (Fsp3) is 0.250. The van der Waals surface area contributed by atoms with Gasteiger partial charge in [0.15, 0.2) is 4.90 Å². The van der Waals surface area contributed by atoms with Crippen molar-refractivity contribution < 1.29 is 12.4 Å². The zero-order chi connectivity index (χ0) is 6.53. The van der Waals surface area contributed by atoms with Gasteiger partial charge in [-0.1, -0.05) is 18.2 Å². The molecule has 1 aromatic rings. The Labute approximate surface area is 72.4 Å². The minimum absolute atomic E-state index is 0. The van der Waals surface area contributed by atoms with Crippen molar-refractivity contribution in [1.82, 2.24) is 0 Å². The van der Waals surface area contributed by atoms with E-state index in [0.717, 1.165) is 0 Å². The maximum atomic E-state index is 2.19. The van der Waals surface area contributed by atoms with Crippen LogP contribution in [-0.4, -0.2) is 5.75 Å². The molecule has 0 saturated carbocycles. The van der Waals surface area contributed by atoms with Gasteiger partial charge < -0.3 is 12.4 Å². The predicted octanol–water partition coefficient (Wildman–Crippen LogP) is -1.12. The van der Waals surface area contributed by atoms with Gasteiger partial charge in [-0.25, -0.2) is 0 Å². The molecule has 10 heavy (non-hydrogen) atoms. The molecule has 1 aromatic carbocycles. The lowest BCUT2D eigenvalue weighted by molar-refractivity contribution is -0.00000183. The Hall–Kier alpha value is -0.140. The maximum Gasteiger partial charge on any atom is 0.152 e. The van der Waals surface area contributed by atoms with Crippen LogP contribution in [0.1, 0.15) is 6.92 Å². The third-order valence-electron chi connectivity index (χ3n) is 1.10. The molecule has 0 radical (unpaired) electrons. The minimum Gasteiger partial charge on any atom is -1.00 e. The number of benzene rings is 1. The number of hydrogen-bond acceptors (Lipinski definition) is 0. The van der Waals surface area contributed by atoms with Crippen molar-refractivity contribution in [2.75, 3.05) is 5.75 Å². The predicted molar refractivity (Wildman–Crippen MR) is 44.0 cm³/mol. The molecule has 0 spiro atoms. The molecule has 1 rings (SSSR count). The molecule has 0 aromatic heterocycles. The molecule has 56 valence electrons.